The summed E-state index contributed by atoms with van der Waals surface area (Å²) in [6.45, 7) is 7.18. The lowest BCUT2D eigenvalue weighted by molar-refractivity contribution is 0.184. The minimum absolute atomic E-state index is 0.262. The van der Waals surface area contributed by atoms with E-state index in [1.54, 1.807) is 6.20 Å². The highest BCUT2D eigenvalue weighted by atomic mass is 16.3. The highest BCUT2D eigenvalue weighted by Crippen LogP contribution is 2.21. The average molecular weight is 344 g/mol. The van der Waals surface area contributed by atoms with Crippen molar-refractivity contribution in [2.24, 2.45) is 0 Å². The van der Waals surface area contributed by atoms with Crippen LogP contribution in [0.3, 0.4) is 0 Å². The number of aryl methyl sites for hydroxylation is 2. The first-order chi connectivity index (χ1) is 12.1. The Morgan fingerprint density at radius 3 is 2.56 bits per heavy atom. The van der Waals surface area contributed by atoms with Crippen LogP contribution in [0.1, 0.15) is 30.7 Å². The van der Waals surface area contributed by atoms with Crippen molar-refractivity contribution in [1.82, 2.24) is 24.6 Å². The SMILES string of the molecule is Cc1cc(C)n(-c2cncc(N3CCC(N(C)CCCO)CC3)n2)n1. The Bertz CT molecular complexity index is 693. The van der Waals surface area contributed by atoms with Gasteiger partial charge in [-0.3, -0.25) is 4.98 Å². The van der Waals surface area contributed by atoms with E-state index in [0.717, 1.165) is 61.9 Å². The number of aliphatic hydroxyl groups is 1. The third kappa shape index (κ3) is 4.16. The second kappa shape index (κ2) is 7.93. The standard InChI is InChI=1S/C18H28N6O/c1-14-11-15(2)24(21-14)18-13-19-12-17(20-18)23-8-5-16(6-9-23)22(3)7-4-10-25/h11-13,16,25H,4-10H2,1-3H3. The van der Waals surface area contributed by atoms with E-state index in [-0.39, 0.29) is 6.61 Å². The molecule has 0 atom stereocenters. The molecule has 7 nitrogen and oxygen atoms in total. The van der Waals surface area contributed by atoms with Gasteiger partial charge >= 0.3 is 0 Å². The molecule has 2 aromatic rings. The minimum atomic E-state index is 0.262. The maximum Gasteiger partial charge on any atom is 0.174 e. The van der Waals surface area contributed by atoms with Crippen molar-refractivity contribution in [3.8, 4) is 5.82 Å². The molecule has 0 aromatic carbocycles. The van der Waals surface area contributed by atoms with E-state index in [2.05, 4.69) is 26.9 Å². The maximum atomic E-state index is 8.99. The van der Waals surface area contributed by atoms with Crippen molar-refractivity contribution < 1.29 is 5.11 Å². The minimum Gasteiger partial charge on any atom is -0.396 e. The zero-order valence-corrected chi connectivity index (χ0v) is 15.4. The van der Waals surface area contributed by atoms with Gasteiger partial charge in [0.05, 0.1) is 18.1 Å². The van der Waals surface area contributed by atoms with Gasteiger partial charge in [0.2, 0.25) is 0 Å². The summed E-state index contributed by atoms with van der Waals surface area (Å²) in [5.74, 6) is 1.69. The molecule has 0 unspecified atom stereocenters. The fourth-order valence-electron chi connectivity index (χ4n) is 3.50. The third-order valence-electron chi connectivity index (χ3n) is 4.92. The maximum absolute atomic E-state index is 8.99. The molecule has 0 radical (unpaired) electrons. The molecule has 7 heteroatoms. The number of aliphatic hydroxyl groups excluding tert-OH is 1. The van der Waals surface area contributed by atoms with Gasteiger partial charge in [-0.1, -0.05) is 0 Å². The molecular weight excluding hydrogens is 316 g/mol. The van der Waals surface area contributed by atoms with E-state index in [1.165, 1.54) is 0 Å². The Hall–Kier alpha value is -1.99. The number of anilines is 1. The molecular formula is C18H28N6O. The van der Waals surface area contributed by atoms with E-state index in [0.29, 0.717) is 6.04 Å². The van der Waals surface area contributed by atoms with Crippen molar-refractivity contribution in [1.29, 1.82) is 0 Å². The summed E-state index contributed by atoms with van der Waals surface area (Å²) in [7, 11) is 2.15. The summed E-state index contributed by atoms with van der Waals surface area (Å²) < 4.78 is 1.85. The quantitative estimate of drug-likeness (QED) is 0.858. The van der Waals surface area contributed by atoms with E-state index < -0.39 is 0 Å². The molecule has 1 aliphatic heterocycles. The van der Waals surface area contributed by atoms with Gasteiger partial charge in [-0.05, 0) is 46.2 Å². The van der Waals surface area contributed by atoms with Gasteiger partial charge in [-0.15, -0.1) is 0 Å². The van der Waals surface area contributed by atoms with Gasteiger partial charge in [0.25, 0.3) is 0 Å². The molecule has 1 fully saturated rings. The topological polar surface area (TPSA) is 70.3 Å². The monoisotopic (exact) mass is 344 g/mol. The van der Waals surface area contributed by atoms with Gasteiger partial charge in [0, 0.05) is 38.0 Å². The molecule has 3 heterocycles. The molecule has 0 spiro atoms. The van der Waals surface area contributed by atoms with Gasteiger partial charge < -0.3 is 14.9 Å². The molecule has 136 valence electrons. The van der Waals surface area contributed by atoms with Crippen LogP contribution in [0.15, 0.2) is 18.5 Å². The van der Waals surface area contributed by atoms with Crippen molar-refractivity contribution in [3.63, 3.8) is 0 Å². The Balaban J connectivity index is 1.66. The molecule has 0 aliphatic carbocycles. The lowest BCUT2D eigenvalue weighted by Gasteiger charge is -2.37. The lowest BCUT2D eigenvalue weighted by atomic mass is 10.0. The van der Waals surface area contributed by atoms with Crippen LogP contribution in [0.2, 0.25) is 0 Å². The molecule has 0 bridgehead atoms. The normalized spacial score (nSPS) is 16.0. The van der Waals surface area contributed by atoms with Crippen molar-refractivity contribution >= 4 is 5.82 Å². The zero-order chi connectivity index (χ0) is 17.8. The van der Waals surface area contributed by atoms with E-state index >= 15 is 0 Å². The highest BCUT2D eigenvalue weighted by molar-refractivity contribution is 5.40. The fraction of sp³-hybridized carbons (Fsp3) is 0.611. The average Bonchev–Trinajstić information content (AvgIpc) is 2.98. The van der Waals surface area contributed by atoms with Crippen molar-refractivity contribution in [2.45, 2.75) is 39.2 Å². The van der Waals surface area contributed by atoms with Crippen LogP contribution in [0.4, 0.5) is 5.82 Å². The Morgan fingerprint density at radius 1 is 1.20 bits per heavy atom. The smallest absolute Gasteiger partial charge is 0.174 e. The van der Waals surface area contributed by atoms with E-state index in [1.807, 2.05) is 30.8 Å². The second-order valence-corrected chi connectivity index (χ2v) is 6.85. The Morgan fingerprint density at radius 2 is 1.92 bits per heavy atom. The van der Waals surface area contributed by atoms with Crippen molar-refractivity contribution in [3.05, 3.63) is 29.8 Å². The van der Waals surface area contributed by atoms with Gasteiger partial charge in [0.15, 0.2) is 5.82 Å². The molecule has 1 aliphatic rings. The molecule has 1 N–H and O–H groups in total. The number of aromatic nitrogens is 4. The van der Waals surface area contributed by atoms with Gasteiger partial charge in [-0.2, -0.15) is 5.10 Å². The molecule has 0 saturated carbocycles. The summed E-state index contributed by atoms with van der Waals surface area (Å²) in [6, 6.07) is 2.62. The Kier molecular flexibility index (Phi) is 5.65. The lowest BCUT2D eigenvalue weighted by Crippen LogP contribution is -2.44. The predicted molar refractivity (Wildman–Crippen MR) is 98.2 cm³/mol. The zero-order valence-electron chi connectivity index (χ0n) is 15.4. The summed E-state index contributed by atoms with van der Waals surface area (Å²) in [5, 5.41) is 13.5. The van der Waals surface area contributed by atoms with Gasteiger partial charge in [0.1, 0.15) is 5.82 Å². The van der Waals surface area contributed by atoms with Crippen LogP contribution < -0.4 is 4.90 Å². The van der Waals surface area contributed by atoms with Crippen LogP contribution in [0.5, 0.6) is 0 Å². The number of nitrogens with zero attached hydrogens (tertiary/aromatic N) is 6. The van der Waals surface area contributed by atoms with Crippen LogP contribution in [0, 0.1) is 13.8 Å². The number of hydrogen-bond acceptors (Lipinski definition) is 6. The summed E-state index contributed by atoms with van der Waals surface area (Å²) in [5.41, 5.74) is 2.05. The highest BCUT2D eigenvalue weighted by Gasteiger charge is 2.23. The first-order valence-electron chi connectivity index (χ1n) is 9.00. The molecule has 2 aromatic heterocycles. The van der Waals surface area contributed by atoms with E-state index in [4.69, 9.17) is 10.1 Å². The summed E-state index contributed by atoms with van der Waals surface area (Å²) in [4.78, 5) is 13.8. The largest absolute Gasteiger partial charge is 0.396 e. The van der Waals surface area contributed by atoms with Crippen LogP contribution in [-0.4, -0.2) is 69.1 Å². The third-order valence-corrected chi connectivity index (χ3v) is 4.92. The fourth-order valence-corrected chi connectivity index (χ4v) is 3.50. The van der Waals surface area contributed by atoms with Crippen molar-refractivity contribution in [2.75, 3.05) is 38.2 Å². The molecule has 1 saturated heterocycles. The second-order valence-electron chi connectivity index (χ2n) is 6.85. The summed E-state index contributed by atoms with van der Waals surface area (Å²) >= 11 is 0. The first kappa shape index (κ1) is 17.8. The van der Waals surface area contributed by atoms with E-state index in [9.17, 15) is 0 Å². The first-order valence-corrected chi connectivity index (χ1v) is 9.00. The number of piperidine rings is 1. The van der Waals surface area contributed by atoms with Crippen LogP contribution in [-0.2, 0) is 0 Å². The predicted octanol–water partition coefficient (Wildman–Crippen LogP) is 1.56. The molecule has 3 rings (SSSR count). The van der Waals surface area contributed by atoms with Crippen LogP contribution in [0.25, 0.3) is 5.82 Å². The molecule has 0 amide bonds. The summed E-state index contributed by atoms with van der Waals surface area (Å²) in [6.07, 6.45) is 6.65. The number of hydrogen-bond donors (Lipinski definition) is 1. The number of rotatable bonds is 6. The van der Waals surface area contributed by atoms with Gasteiger partial charge in [-0.25, -0.2) is 9.67 Å². The van der Waals surface area contributed by atoms with Crippen LogP contribution >= 0.6 is 0 Å². The molecule has 25 heavy (non-hydrogen) atoms. The Labute approximate surface area is 149 Å².